The first-order chi connectivity index (χ1) is 9.50. The van der Waals surface area contributed by atoms with Crippen molar-refractivity contribution in [3.05, 3.63) is 0 Å². The molecule has 0 aromatic heterocycles. The molecule has 0 aliphatic carbocycles. The van der Waals surface area contributed by atoms with Crippen LogP contribution < -0.4 is 10.6 Å². The van der Waals surface area contributed by atoms with E-state index < -0.39 is 9.84 Å². The van der Waals surface area contributed by atoms with E-state index in [2.05, 4.69) is 29.5 Å². The number of nitrogens with one attached hydrogen (secondary N) is 2. The Morgan fingerprint density at radius 1 is 1.38 bits per heavy atom. The third kappa shape index (κ3) is 8.23. The van der Waals surface area contributed by atoms with Crippen molar-refractivity contribution < 1.29 is 8.42 Å². The van der Waals surface area contributed by atoms with Crippen LogP contribution >= 0.6 is 24.0 Å². The summed E-state index contributed by atoms with van der Waals surface area (Å²) in [5.74, 6) is 1.89. The van der Waals surface area contributed by atoms with Crippen LogP contribution in [0.3, 0.4) is 0 Å². The van der Waals surface area contributed by atoms with E-state index in [0.29, 0.717) is 12.3 Å². The molecule has 126 valence electrons. The molecular weight excluding hydrogens is 401 g/mol. The topological polar surface area (TPSA) is 70.6 Å². The molecule has 0 radical (unpaired) electrons. The Morgan fingerprint density at radius 3 is 2.57 bits per heavy atom. The van der Waals surface area contributed by atoms with Crippen LogP contribution in [0.5, 0.6) is 0 Å². The van der Waals surface area contributed by atoms with Crippen LogP contribution in [0.2, 0.25) is 0 Å². The van der Waals surface area contributed by atoms with Gasteiger partial charge in [-0.2, -0.15) is 0 Å². The van der Waals surface area contributed by atoms with E-state index in [1.54, 1.807) is 7.05 Å². The first-order valence-corrected chi connectivity index (χ1v) is 9.50. The molecule has 2 N–H and O–H groups in total. The normalized spacial score (nSPS) is 22.4. The summed E-state index contributed by atoms with van der Waals surface area (Å²) in [5, 5.41) is 6.54. The van der Waals surface area contributed by atoms with Gasteiger partial charge in [-0.25, -0.2) is 8.42 Å². The van der Waals surface area contributed by atoms with E-state index in [4.69, 9.17) is 0 Å². The lowest BCUT2D eigenvalue weighted by atomic mass is 9.99. The quantitative estimate of drug-likeness (QED) is 0.368. The van der Waals surface area contributed by atoms with Crippen molar-refractivity contribution in [3.63, 3.8) is 0 Å². The van der Waals surface area contributed by atoms with Gasteiger partial charge in [0.1, 0.15) is 0 Å². The summed E-state index contributed by atoms with van der Waals surface area (Å²) >= 11 is 0. The average molecular weight is 431 g/mol. The fraction of sp³-hybridized carbons (Fsp3) is 0.929. The summed E-state index contributed by atoms with van der Waals surface area (Å²) in [5.41, 5.74) is 0. The van der Waals surface area contributed by atoms with Crippen LogP contribution in [0.1, 0.15) is 46.0 Å². The fourth-order valence-electron chi connectivity index (χ4n) is 2.48. The molecule has 0 spiro atoms. The molecule has 1 aliphatic rings. The number of halogens is 1. The highest BCUT2D eigenvalue weighted by Gasteiger charge is 2.28. The Bertz CT molecular complexity index is 412. The zero-order valence-corrected chi connectivity index (χ0v) is 16.5. The summed E-state index contributed by atoms with van der Waals surface area (Å²) in [6, 6.07) is 0.00178. The predicted molar refractivity (Wildman–Crippen MR) is 100 cm³/mol. The minimum absolute atomic E-state index is 0. The molecule has 5 nitrogen and oxygen atoms in total. The van der Waals surface area contributed by atoms with Gasteiger partial charge in [0.2, 0.25) is 0 Å². The number of sulfone groups is 1. The Labute approximate surface area is 146 Å². The van der Waals surface area contributed by atoms with Gasteiger partial charge >= 0.3 is 0 Å². The first kappa shape index (κ1) is 20.9. The van der Waals surface area contributed by atoms with Gasteiger partial charge in [-0.3, -0.25) is 4.99 Å². The van der Waals surface area contributed by atoms with Gasteiger partial charge in [0, 0.05) is 19.6 Å². The van der Waals surface area contributed by atoms with Crippen molar-refractivity contribution in [1.82, 2.24) is 10.6 Å². The number of guanidine groups is 1. The maximum atomic E-state index is 11.4. The average Bonchev–Trinajstić information content (AvgIpc) is 2.76. The van der Waals surface area contributed by atoms with E-state index in [1.165, 1.54) is 19.3 Å². The van der Waals surface area contributed by atoms with Crippen LogP contribution in [-0.2, 0) is 9.84 Å². The van der Waals surface area contributed by atoms with E-state index >= 15 is 0 Å². The van der Waals surface area contributed by atoms with E-state index in [0.717, 1.165) is 18.9 Å². The second-order valence-electron chi connectivity index (χ2n) is 5.61. The molecule has 2 unspecified atom stereocenters. The van der Waals surface area contributed by atoms with Crippen molar-refractivity contribution in [2.45, 2.75) is 52.0 Å². The van der Waals surface area contributed by atoms with Crippen molar-refractivity contribution in [2.24, 2.45) is 10.9 Å². The van der Waals surface area contributed by atoms with Crippen LogP contribution in [0.15, 0.2) is 4.99 Å². The van der Waals surface area contributed by atoms with E-state index in [9.17, 15) is 8.42 Å². The third-order valence-electron chi connectivity index (χ3n) is 3.90. The molecule has 7 heteroatoms. The molecular formula is C14H30IN3O2S. The number of hydrogen-bond donors (Lipinski definition) is 2. The van der Waals surface area contributed by atoms with E-state index in [1.807, 2.05) is 0 Å². The highest BCUT2D eigenvalue weighted by molar-refractivity contribution is 14.0. The maximum Gasteiger partial charge on any atom is 0.191 e. The molecule has 0 aromatic carbocycles. The number of nitrogens with zero attached hydrogens (tertiary/aromatic N) is 1. The number of rotatable bonds is 7. The van der Waals surface area contributed by atoms with Crippen LogP contribution in [0, 0.1) is 5.92 Å². The Morgan fingerprint density at radius 2 is 2.10 bits per heavy atom. The van der Waals surface area contributed by atoms with Crippen molar-refractivity contribution in [2.75, 3.05) is 25.1 Å². The molecule has 0 aromatic rings. The van der Waals surface area contributed by atoms with Gasteiger partial charge in [-0.1, -0.05) is 33.1 Å². The molecule has 1 fully saturated rings. The molecule has 1 saturated heterocycles. The van der Waals surface area contributed by atoms with Gasteiger partial charge in [0.15, 0.2) is 15.8 Å². The van der Waals surface area contributed by atoms with Crippen LogP contribution in [0.4, 0.5) is 0 Å². The second kappa shape index (κ2) is 10.6. The highest BCUT2D eigenvalue weighted by Crippen LogP contribution is 2.12. The molecule has 21 heavy (non-hydrogen) atoms. The van der Waals surface area contributed by atoms with Gasteiger partial charge in [0.05, 0.1) is 11.5 Å². The fourth-order valence-corrected chi connectivity index (χ4v) is 4.15. The van der Waals surface area contributed by atoms with Gasteiger partial charge in [-0.15, -0.1) is 24.0 Å². The van der Waals surface area contributed by atoms with Gasteiger partial charge in [-0.05, 0) is 18.8 Å². The van der Waals surface area contributed by atoms with Gasteiger partial charge in [0.25, 0.3) is 0 Å². The Hall–Kier alpha value is -0.0500. The molecule has 1 heterocycles. The Balaban J connectivity index is 0.00000400. The lowest BCUT2D eigenvalue weighted by molar-refractivity contribution is 0.442. The zero-order chi connectivity index (χ0) is 15.0. The summed E-state index contributed by atoms with van der Waals surface area (Å²) in [6.45, 7) is 5.32. The second-order valence-corrected chi connectivity index (χ2v) is 7.84. The largest absolute Gasteiger partial charge is 0.356 e. The highest BCUT2D eigenvalue weighted by atomic mass is 127. The monoisotopic (exact) mass is 431 g/mol. The van der Waals surface area contributed by atoms with Crippen molar-refractivity contribution in [3.8, 4) is 0 Å². The zero-order valence-electron chi connectivity index (χ0n) is 13.4. The minimum Gasteiger partial charge on any atom is -0.356 e. The third-order valence-corrected chi connectivity index (χ3v) is 5.67. The lowest BCUT2D eigenvalue weighted by Gasteiger charge is -2.20. The predicted octanol–water partition coefficient (Wildman–Crippen LogP) is 2.17. The van der Waals surface area contributed by atoms with Crippen LogP contribution in [0.25, 0.3) is 0 Å². The minimum atomic E-state index is -2.84. The maximum absolute atomic E-state index is 11.4. The SMILES string of the molecule is CCCCC(CC)CNC(=NC)NC1CCS(=O)(=O)C1.I. The Kier molecular flexibility index (Phi) is 10.6. The summed E-state index contributed by atoms with van der Waals surface area (Å²) in [6.07, 6.45) is 5.54. The lowest BCUT2D eigenvalue weighted by Crippen LogP contribution is -2.45. The number of aliphatic imine (C=N–C) groups is 1. The molecule has 0 bridgehead atoms. The number of unbranched alkanes of at least 4 members (excludes halogenated alkanes) is 1. The van der Waals surface area contributed by atoms with Gasteiger partial charge < -0.3 is 10.6 Å². The van der Waals surface area contributed by atoms with Crippen LogP contribution in [-0.4, -0.2) is 45.5 Å². The smallest absolute Gasteiger partial charge is 0.191 e. The standard InChI is InChI=1S/C14H29N3O2S.HI/c1-4-6-7-12(5-2)10-16-14(15-3)17-13-8-9-20(18,19)11-13;/h12-13H,4-11H2,1-3H3,(H2,15,16,17);1H. The van der Waals surface area contributed by atoms with E-state index in [-0.39, 0.29) is 41.5 Å². The summed E-state index contributed by atoms with van der Waals surface area (Å²) in [4.78, 5) is 4.19. The first-order valence-electron chi connectivity index (χ1n) is 7.68. The molecule has 0 saturated carbocycles. The number of hydrogen-bond acceptors (Lipinski definition) is 3. The molecule has 1 aliphatic heterocycles. The molecule has 0 amide bonds. The molecule has 1 rings (SSSR count). The van der Waals surface area contributed by atoms with Crippen molar-refractivity contribution >= 4 is 39.8 Å². The molecule has 2 atom stereocenters. The summed E-state index contributed by atoms with van der Waals surface area (Å²) in [7, 11) is -1.11. The summed E-state index contributed by atoms with van der Waals surface area (Å²) < 4.78 is 22.9. The van der Waals surface area contributed by atoms with Crippen molar-refractivity contribution in [1.29, 1.82) is 0 Å².